The van der Waals surface area contributed by atoms with Crippen molar-refractivity contribution < 1.29 is 9.59 Å². The zero-order chi connectivity index (χ0) is 26.7. The summed E-state index contributed by atoms with van der Waals surface area (Å²) in [6, 6.07) is 2.40. The number of amides is 3. The number of urea groups is 1. The molecule has 0 aromatic carbocycles. The molecule has 3 amide bonds. The quantitative estimate of drug-likeness (QED) is 0.464. The molecule has 0 radical (unpaired) electrons. The molecule has 5 aliphatic rings. The van der Waals surface area contributed by atoms with Gasteiger partial charge in [0.2, 0.25) is 5.91 Å². The van der Waals surface area contributed by atoms with Crippen LogP contribution in [-0.4, -0.2) is 78.0 Å². The lowest BCUT2D eigenvalue weighted by Crippen LogP contribution is -2.52. The minimum Gasteiger partial charge on any atom is -0.331 e. The average Bonchev–Trinajstić information content (AvgIpc) is 3.62. The average molecular weight is 524 g/mol. The van der Waals surface area contributed by atoms with E-state index in [1.807, 2.05) is 14.1 Å². The van der Waals surface area contributed by atoms with Gasteiger partial charge < -0.3 is 20.0 Å². The van der Waals surface area contributed by atoms with E-state index in [9.17, 15) is 14.9 Å². The van der Waals surface area contributed by atoms with Gasteiger partial charge in [0.25, 0.3) is 0 Å². The fourth-order valence-corrected chi connectivity index (χ4v) is 8.40. The Balaban J connectivity index is 1.33. The molecule has 0 spiro atoms. The van der Waals surface area contributed by atoms with Gasteiger partial charge in [0.05, 0.1) is 18.7 Å². The first-order chi connectivity index (χ1) is 18.4. The molecule has 38 heavy (non-hydrogen) atoms. The number of hydrogen-bond acceptors (Lipinski definition) is 4. The van der Waals surface area contributed by atoms with Crippen LogP contribution < -0.4 is 5.32 Å². The second kappa shape index (κ2) is 12.0. The summed E-state index contributed by atoms with van der Waals surface area (Å²) in [6.07, 6.45) is 19.0. The van der Waals surface area contributed by atoms with E-state index in [0.717, 1.165) is 45.1 Å². The fourth-order valence-electron chi connectivity index (χ4n) is 8.40. The highest BCUT2D eigenvalue weighted by molar-refractivity contribution is 5.79. The number of nitrogens with one attached hydrogen (secondary N) is 1. The van der Waals surface area contributed by atoms with Gasteiger partial charge in [-0.15, -0.1) is 0 Å². The van der Waals surface area contributed by atoms with E-state index in [2.05, 4.69) is 16.3 Å². The third-order valence-corrected chi connectivity index (χ3v) is 10.3. The molecule has 3 atom stereocenters. The second-order valence-corrected chi connectivity index (χ2v) is 13.3. The minimum atomic E-state index is -0.268. The van der Waals surface area contributed by atoms with E-state index >= 15 is 0 Å². The normalized spacial score (nSPS) is 30.6. The lowest BCUT2D eigenvalue weighted by atomic mass is 9.76. The zero-order valence-electron chi connectivity index (χ0n) is 23.8. The fraction of sp³-hybridized carbons (Fsp3) is 0.839. The van der Waals surface area contributed by atoms with Crippen LogP contribution in [0.3, 0.4) is 0 Å². The molecule has 3 unspecified atom stereocenters. The van der Waals surface area contributed by atoms with Crippen LogP contribution >= 0.6 is 0 Å². The van der Waals surface area contributed by atoms with E-state index < -0.39 is 0 Å². The minimum absolute atomic E-state index is 0.0762. The molecule has 0 bridgehead atoms. The van der Waals surface area contributed by atoms with Crippen LogP contribution in [0.2, 0.25) is 0 Å². The van der Waals surface area contributed by atoms with Crippen LogP contribution in [0, 0.1) is 23.2 Å². The van der Waals surface area contributed by atoms with Crippen molar-refractivity contribution in [2.45, 2.75) is 120 Å². The summed E-state index contributed by atoms with van der Waals surface area (Å²) in [6.45, 7) is 1.77. The van der Waals surface area contributed by atoms with Crippen LogP contribution in [0.15, 0.2) is 11.1 Å². The van der Waals surface area contributed by atoms with Gasteiger partial charge in [-0.2, -0.15) is 5.26 Å². The van der Waals surface area contributed by atoms with Crippen molar-refractivity contribution in [3.05, 3.63) is 11.1 Å². The van der Waals surface area contributed by atoms with Gasteiger partial charge in [-0.05, 0) is 61.5 Å². The number of carbonyl (C=O) groups is 2. The summed E-state index contributed by atoms with van der Waals surface area (Å²) in [7, 11) is 3.74. The Kier molecular flexibility index (Phi) is 8.67. The SMILES string of the molecule is CN(C)C(=O)N1CC2=C(CC(CC3CCCCC3)(NCC(=O)N3CCCC3C#N)C2)C1CC1CCCCC1. The maximum absolute atomic E-state index is 13.3. The molecule has 2 heterocycles. The third-order valence-electron chi connectivity index (χ3n) is 10.3. The predicted molar refractivity (Wildman–Crippen MR) is 149 cm³/mol. The Hall–Kier alpha value is -2.07. The van der Waals surface area contributed by atoms with Crippen LogP contribution in [-0.2, 0) is 4.79 Å². The second-order valence-electron chi connectivity index (χ2n) is 13.3. The van der Waals surface area contributed by atoms with Gasteiger partial charge in [0.15, 0.2) is 0 Å². The maximum Gasteiger partial charge on any atom is 0.320 e. The number of nitriles is 1. The smallest absolute Gasteiger partial charge is 0.320 e. The van der Waals surface area contributed by atoms with E-state index in [4.69, 9.17) is 0 Å². The molecule has 1 saturated heterocycles. The van der Waals surface area contributed by atoms with Crippen LogP contribution in [0.5, 0.6) is 0 Å². The molecule has 3 aliphatic carbocycles. The Morgan fingerprint density at radius 1 is 0.947 bits per heavy atom. The molecule has 210 valence electrons. The van der Waals surface area contributed by atoms with Crippen LogP contribution in [0.1, 0.15) is 103 Å². The Morgan fingerprint density at radius 3 is 2.29 bits per heavy atom. The number of rotatable bonds is 7. The summed E-state index contributed by atoms with van der Waals surface area (Å²) < 4.78 is 0. The molecule has 3 fully saturated rings. The van der Waals surface area contributed by atoms with Crippen molar-refractivity contribution in [3.63, 3.8) is 0 Å². The molecule has 0 aromatic heterocycles. The molecule has 2 aliphatic heterocycles. The number of nitrogens with zero attached hydrogens (tertiary/aromatic N) is 4. The summed E-state index contributed by atoms with van der Waals surface area (Å²) in [5, 5.41) is 13.3. The highest BCUT2D eigenvalue weighted by Crippen LogP contribution is 2.49. The van der Waals surface area contributed by atoms with Crippen molar-refractivity contribution in [3.8, 4) is 6.07 Å². The van der Waals surface area contributed by atoms with Crippen LogP contribution in [0.4, 0.5) is 4.79 Å². The number of likely N-dealkylation sites (tertiary alicyclic amines) is 2. The first-order valence-corrected chi connectivity index (χ1v) is 15.5. The van der Waals surface area contributed by atoms with Crippen molar-refractivity contribution in [1.82, 2.24) is 20.0 Å². The lowest BCUT2D eigenvalue weighted by molar-refractivity contribution is -0.130. The molecule has 0 aromatic rings. The Bertz CT molecular complexity index is 942. The predicted octanol–water partition coefficient (Wildman–Crippen LogP) is 5.23. The van der Waals surface area contributed by atoms with Crippen molar-refractivity contribution in [2.24, 2.45) is 11.8 Å². The van der Waals surface area contributed by atoms with E-state index in [1.165, 1.54) is 75.4 Å². The van der Waals surface area contributed by atoms with Crippen molar-refractivity contribution >= 4 is 11.9 Å². The lowest BCUT2D eigenvalue weighted by Gasteiger charge is -2.40. The van der Waals surface area contributed by atoms with Gasteiger partial charge in [-0.3, -0.25) is 4.79 Å². The molecule has 5 rings (SSSR count). The van der Waals surface area contributed by atoms with Gasteiger partial charge in [0, 0.05) is 32.7 Å². The number of carbonyl (C=O) groups excluding carboxylic acids is 2. The topological polar surface area (TPSA) is 79.7 Å². The highest BCUT2D eigenvalue weighted by atomic mass is 16.2. The summed E-state index contributed by atoms with van der Waals surface area (Å²) >= 11 is 0. The van der Waals surface area contributed by atoms with Gasteiger partial charge in [0.1, 0.15) is 6.04 Å². The first-order valence-electron chi connectivity index (χ1n) is 15.5. The zero-order valence-corrected chi connectivity index (χ0v) is 23.8. The van der Waals surface area contributed by atoms with Gasteiger partial charge >= 0.3 is 6.03 Å². The van der Waals surface area contributed by atoms with Gasteiger partial charge in [-0.1, -0.05) is 64.2 Å². The largest absolute Gasteiger partial charge is 0.331 e. The Labute approximate surface area is 230 Å². The monoisotopic (exact) mass is 523 g/mol. The molecule has 7 nitrogen and oxygen atoms in total. The highest BCUT2D eigenvalue weighted by Gasteiger charge is 2.48. The van der Waals surface area contributed by atoms with Crippen molar-refractivity contribution in [2.75, 3.05) is 33.7 Å². The standard InChI is InChI=1S/C31H49N5O2/c1-34(2)30(38)36-22-25-18-31(17-24-12-7-4-8-13-24,33-21-29(37)35-15-9-14-26(35)20-32)19-27(25)28(36)16-23-10-5-3-6-11-23/h23-24,26,28,33H,3-19,21-22H2,1-2H3. The Morgan fingerprint density at radius 2 is 1.63 bits per heavy atom. The molecule has 7 heteroatoms. The van der Waals surface area contributed by atoms with Gasteiger partial charge in [-0.25, -0.2) is 4.79 Å². The van der Waals surface area contributed by atoms with Crippen molar-refractivity contribution in [1.29, 1.82) is 5.26 Å². The summed E-state index contributed by atoms with van der Waals surface area (Å²) in [4.78, 5) is 32.2. The summed E-state index contributed by atoms with van der Waals surface area (Å²) in [5.41, 5.74) is 2.85. The van der Waals surface area contributed by atoms with E-state index in [1.54, 1.807) is 9.80 Å². The van der Waals surface area contributed by atoms with E-state index in [-0.39, 0.29) is 29.6 Å². The first kappa shape index (κ1) is 27.5. The van der Waals surface area contributed by atoms with Crippen LogP contribution in [0.25, 0.3) is 0 Å². The molecular formula is C31H49N5O2. The molecule has 2 saturated carbocycles. The number of hydrogen-bond donors (Lipinski definition) is 1. The van der Waals surface area contributed by atoms with E-state index in [0.29, 0.717) is 24.9 Å². The molecular weight excluding hydrogens is 474 g/mol. The summed E-state index contributed by atoms with van der Waals surface area (Å²) in [5.74, 6) is 1.49. The maximum atomic E-state index is 13.3. The molecule has 1 N–H and O–H groups in total. The third kappa shape index (κ3) is 5.91.